The van der Waals surface area contributed by atoms with Gasteiger partial charge in [0, 0.05) is 29.6 Å². The Bertz CT molecular complexity index is 1070. The summed E-state index contributed by atoms with van der Waals surface area (Å²) in [7, 11) is 0. The summed E-state index contributed by atoms with van der Waals surface area (Å²) in [6.45, 7) is 0.650. The molecular weight excluding hydrogens is 360 g/mol. The molecule has 3 heterocycles. The summed E-state index contributed by atoms with van der Waals surface area (Å²) in [5.74, 6) is 0.674. The smallest absolute Gasteiger partial charge is 0.251 e. The van der Waals surface area contributed by atoms with E-state index in [1.54, 1.807) is 30.2 Å². The molecule has 0 bridgehead atoms. The van der Waals surface area contributed by atoms with Crippen LogP contribution < -0.4 is 16.4 Å². The summed E-state index contributed by atoms with van der Waals surface area (Å²) in [5.41, 5.74) is 14.8. The van der Waals surface area contributed by atoms with E-state index in [-0.39, 0.29) is 0 Å². The highest BCUT2D eigenvalue weighted by molar-refractivity contribution is 8.02. The number of thioether (sulfide) groups is 1. The number of nitrogens with zero attached hydrogens (tertiary/aromatic N) is 3. The van der Waals surface area contributed by atoms with E-state index in [1.165, 1.54) is 0 Å². The Hall–Kier alpha value is -3.26. The number of primary amides is 1. The summed E-state index contributed by atoms with van der Waals surface area (Å²) >= 11 is 1.55. The monoisotopic (exact) mass is 378 g/mol. The van der Waals surface area contributed by atoms with E-state index in [1.807, 2.05) is 36.4 Å². The first-order valence-corrected chi connectivity index (χ1v) is 9.35. The lowest BCUT2D eigenvalue weighted by Crippen LogP contribution is -2.29. The van der Waals surface area contributed by atoms with Crippen LogP contribution >= 0.6 is 11.8 Å². The number of carbonyl (C=O) groups is 1. The number of hydrogen-bond donors (Lipinski definition) is 3. The van der Waals surface area contributed by atoms with Crippen molar-refractivity contribution in [2.75, 3.05) is 17.2 Å². The fraction of sp³-hybridized carbons (Fsp3) is 0.105. The average molecular weight is 378 g/mol. The summed E-state index contributed by atoms with van der Waals surface area (Å²) in [6, 6.07) is 9.78. The normalized spacial score (nSPS) is 14.1. The minimum absolute atomic E-state index is 0.449. The molecule has 136 valence electrons. The lowest BCUT2D eigenvalue weighted by molar-refractivity contribution is -0.114. The number of amides is 1. The molecule has 0 aliphatic carbocycles. The SMILES string of the molecule is NC(=O)C1=C(SCc2ccnc(N)c2)N(c2ccc3cn[nH]c3c2)CC=C1. The molecule has 7 nitrogen and oxygen atoms in total. The molecule has 0 spiro atoms. The fourth-order valence-corrected chi connectivity index (χ4v) is 4.11. The first-order valence-electron chi connectivity index (χ1n) is 8.36. The zero-order valence-corrected chi connectivity index (χ0v) is 15.2. The maximum absolute atomic E-state index is 12.0. The van der Waals surface area contributed by atoms with Crippen LogP contribution in [0.25, 0.3) is 10.9 Å². The Morgan fingerprint density at radius 2 is 2.19 bits per heavy atom. The van der Waals surface area contributed by atoms with Crippen molar-refractivity contribution < 1.29 is 4.79 Å². The summed E-state index contributed by atoms with van der Waals surface area (Å²) in [4.78, 5) is 18.1. The lowest BCUT2D eigenvalue weighted by Gasteiger charge is -2.30. The zero-order valence-electron chi connectivity index (χ0n) is 14.4. The Labute approximate surface area is 160 Å². The van der Waals surface area contributed by atoms with E-state index < -0.39 is 5.91 Å². The van der Waals surface area contributed by atoms with Crippen LogP contribution in [0.2, 0.25) is 0 Å². The predicted molar refractivity (Wildman–Crippen MR) is 109 cm³/mol. The third kappa shape index (κ3) is 3.52. The largest absolute Gasteiger partial charge is 0.384 e. The maximum Gasteiger partial charge on any atom is 0.251 e. The molecule has 8 heteroatoms. The van der Waals surface area contributed by atoms with Crippen molar-refractivity contribution in [1.82, 2.24) is 15.2 Å². The minimum atomic E-state index is -0.449. The van der Waals surface area contributed by atoms with Gasteiger partial charge in [0.1, 0.15) is 5.82 Å². The van der Waals surface area contributed by atoms with E-state index in [9.17, 15) is 4.79 Å². The minimum Gasteiger partial charge on any atom is -0.384 e. The van der Waals surface area contributed by atoms with Gasteiger partial charge in [0.05, 0.1) is 22.3 Å². The number of aromatic nitrogens is 3. The number of nitrogens with two attached hydrogens (primary N) is 2. The molecule has 4 rings (SSSR count). The molecule has 0 radical (unpaired) electrons. The molecule has 1 aliphatic rings. The van der Waals surface area contributed by atoms with Crippen LogP contribution in [0.4, 0.5) is 11.5 Å². The van der Waals surface area contributed by atoms with Gasteiger partial charge in [0.25, 0.3) is 5.91 Å². The molecule has 0 saturated carbocycles. The maximum atomic E-state index is 12.0. The van der Waals surface area contributed by atoms with Gasteiger partial charge >= 0.3 is 0 Å². The number of carbonyl (C=O) groups excluding carboxylic acids is 1. The molecule has 0 atom stereocenters. The number of H-pyrrole nitrogens is 1. The van der Waals surface area contributed by atoms with Gasteiger partial charge in [-0.05, 0) is 42.0 Å². The van der Waals surface area contributed by atoms with E-state index in [4.69, 9.17) is 11.5 Å². The van der Waals surface area contributed by atoms with Crippen molar-refractivity contribution in [2.45, 2.75) is 5.75 Å². The summed E-state index contributed by atoms with van der Waals surface area (Å²) in [5, 5.41) is 8.90. The topological polar surface area (TPSA) is 114 Å². The van der Waals surface area contributed by atoms with Gasteiger partial charge in [-0.1, -0.05) is 6.08 Å². The van der Waals surface area contributed by atoms with Crippen molar-refractivity contribution in [3.63, 3.8) is 0 Å². The number of fused-ring (bicyclic) bond motifs is 1. The van der Waals surface area contributed by atoms with Crippen LogP contribution in [0.1, 0.15) is 5.56 Å². The second kappa shape index (κ2) is 7.16. The molecule has 0 unspecified atom stereocenters. The third-order valence-electron chi connectivity index (χ3n) is 4.27. The van der Waals surface area contributed by atoms with Gasteiger partial charge < -0.3 is 16.4 Å². The van der Waals surface area contributed by atoms with Crippen LogP contribution in [-0.4, -0.2) is 27.6 Å². The number of pyridine rings is 1. The van der Waals surface area contributed by atoms with Crippen LogP contribution in [0, 0.1) is 0 Å². The summed E-state index contributed by atoms with van der Waals surface area (Å²) < 4.78 is 0. The molecule has 0 fully saturated rings. The van der Waals surface area contributed by atoms with Gasteiger partial charge in [-0.3, -0.25) is 9.89 Å². The van der Waals surface area contributed by atoms with Crippen molar-refractivity contribution in [2.24, 2.45) is 5.73 Å². The van der Waals surface area contributed by atoms with Crippen LogP contribution in [0.5, 0.6) is 0 Å². The molecule has 1 amide bonds. The quantitative estimate of drug-likeness (QED) is 0.629. The number of aromatic amines is 1. The molecule has 0 saturated heterocycles. The average Bonchev–Trinajstić information content (AvgIpc) is 3.14. The molecular formula is C19H18N6OS. The number of rotatable bonds is 5. The predicted octanol–water partition coefficient (Wildman–Crippen LogP) is 2.55. The van der Waals surface area contributed by atoms with Crippen LogP contribution in [0.3, 0.4) is 0 Å². The molecule has 2 aromatic heterocycles. The van der Waals surface area contributed by atoms with Gasteiger partial charge in [-0.25, -0.2) is 4.98 Å². The van der Waals surface area contributed by atoms with Crippen molar-refractivity contribution >= 4 is 40.1 Å². The molecule has 1 aliphatic heterocycles. The molecule has 3 aromatic rings. The Kier molecular flexibility index (Phi) is 4.55. The lowest BCUT2D eigenvalue weighted by atomic mass is 10.1. The number of hydrogen-bond acceptors (Lipinski definition) is 6. The molecule has 5 N–H and O–H groups in total. The summed E-state index contributed by atoms with van der Waals surface area (Å²) in [6.07, 6.45) is 7.19. The Morgan fingerprint density at radius 3 is 3.00 bits per heavy atom. The Morgan fingerprint density at radius 1 is 1.30 bits per heavy atom. The number of benzene rings is 1. The highest BCUT2D eigenvalue weighted by Crippen LogP contribution is 2.35. The first-order chi connectivity index (χ1) is 13.1. The van der Waals surface area contributed by atoms with Crippen molar-refractivity contribution in [1.29, 1.82) is 0 Å². The highest BCUT2D eigenvalue weighted by Gasteiger charge is 2.22. The number of nitrogen functional groups attached to an aromatic ring is 1. The van der Waals surface area contributed by atoms with Gasteiger partial charge in [0.2, 0.25) is 0 Å². The second-order valence-electron chi connectivity index (χ2n) is 6.12. The first kappa shape index (κ1) is 17.2. The number of anilines is 2. The third-order valence-corrected chi connectivity index (χ3v) is 5.46. The van der Waals surface area contributed by atoms with E-state index in [0.717, 1.165) is 27.2 Å². The van der Waals surface area contributed by atoms with E-state index >= 15 is 0 Å². The standard InChI is InChI=1S/C19H18N6OS/c20-17-8-12(5-6-22-17)11-27-19-15(18(21)26)2-1-7-25(19)14-4-3-13-10-23-24-16(13)9-14/h1-6,8-10H,7,11H2,(H2,20,22)(H2,21,26)(H,23,24). The van der Waals surface area contributed by atoms with E-state index in [2.05, 4.69) is 20.1 Å². The zero-order chi connectivity index (χ0) is 18.8. The van der Waals surface area contributed by atoms with Gasteiger partial charge in [0.15, 0.2) is 0 Å². The Balaban J connectivity index is 1.69. The van der Waals surface area contributed by atoms with Crippen LogP contribution in [0.15, 0.2) is 65.5 Å². The molecule has 1 aromatic carbocycles. The van der Waals surface area contributed by atoms with E-state index in [0.29, 0.717) is 23.7 Å². The van der Waals surface area contributed by atoms with Gasteiger partial charge in [-0.2, -0.15) is 5.10 Å². The van der Waals surface area contributed by atoms with Gasteiger partial charge in [-0.15, -0.1) is 11.8 Å². The fourth-order valence-electron chi connectivity index (χ4n) is 2.97. The highest BCUT2D eigenvalue weighted by atomic mass is 32.2. The second-order valence-corrected chi connectivity index (χ2v) is 7.08. The van der Waals surface area contributed by atoms with Crippen molar-refractivity contribution in [3.05, 3.63) is 71.0 Å². The van der Waals surface area contributed by atoms with Crippen molar-refractivity contribution in [3.8, 4) is 0 Å². The molecule has 27 heavy (non-hydrogen) atoms. The number of nitrogens with one attached hydrogen (secondary N) is 1. The van der Waals surface area contributed by atoms with Crippen LogP contribution in [-0.2, 0) is 10.5 Å².